The molecule has 1 aliphatic heterocycles. The Balaban J connectivity index is 2.10. The summed E-state index contributed by atoms with van der Waals surface area (Å²) in [7, 11) is -0.343. The van der Waals surface area contributed by atoms with Crippen LogP contribution in [-0.4, -0.2) is 29.6 Å². The van der Waals surface area contributed by atoms with Crippen LogP contribution in [0.4, 0.5) is 0 Å². The molecule has 1 aromatic carbocycles. The van der Waals surface area contributed by atoms with Crippen LogP contribution in [0, 0.1) is 0 Å². The minimum Gasteiger partial charge on any atom is -0.400 e. The normalized spacial score (nSPS) is 20.2. The first kappa shape index (κ1) is 20.6. The van der Waals surface area contributed by atoms with E-state index in [2.05, 4.69) is 96.8 Å². The first-order valence-corrected chi connectivity index (χ1v) is 9.58. The SMILES string of the molecule is CC(C)(C)NCc1ccc(C=C(CS)B2OC(C)(C)C(C)(C)O2)cc1. The van der Waals surface area contributed by atoms with Crippen molar-refractivity contribution in [2.24, 2.45) is 0 Å². The number of benzene rings is 1. The van der Waals surface area contributed by atoms with E-state index in [4.69, 9.17) is 9.31 Å². The summed E-state index contributed by atoms with van der Waals surface area (Å²) in [5, 5.41) is 3.50. The van der Waals surface area contributed by atoms with Gasteiger partial charge in [0, 0.05) is 17.8 Å². The van der Waals surface area contributed by atoms with Gasteiger partial charge >= 0.3 is 7.12 Å². The molecule has 1 N–H and O–H groups in total. The molecule has 1 heterocycles. The van der Waals surface area contributed by atoms with Gasteiger partial charge in [0.05, 0.1) is 11.2 Å². The summed E-state index contributed by atoms with van der Waals surface area (Å²) in [6.45, 7) is 15.7. The predicted octanol–water partition coefficient (Wildman–Crippen LogP) is 4.52. The maximum atomic E-state index is 6.14. The van der Waals surface area contributed by atoms with Gasteiger partial charge in [0.1, 0.15) is 0 Å². The van der Waals surface area contributed by atoms with E-state index in [9.17, 15) is 0 Å². The largest absolute Gasteiger partial charge is 0.491 e. The van der Waals surface area contributed by atoms with Gasteiger partial charge in [-0.15, -0.1) is 0 Å². The zero-order valence-electron chi connectivity index (χ0n) is 16.6. The Labute approximate surface area is 159 Å². The zero-order chi connectivity index (χ0) is 18.9. The van der Waals surface area contributed by atoms with Crippen molar-refractivity contribution < 1.29 is 9.31 Å². The highest BCUT2D eigenvalue weighted by Gasteiger charge is 2.52. The summed E-state index contributed by atoms with van der Waals surface area (Å²) < 4.78 is 12.3. The Kier molecular flexibility index (Phi) is 6.15. The Morgan fingerprint density at radius 3 is 2.04 bits per heavy atom. The lowest BCUT2D eigenvalue weighted by atomic mass is 9.78. The third-order valence-corrected chi connectivity index (χ3v) is 5.26. The molecule has 1 aliphatic rings. The molecular formula is C20H32BNO2S. The van der Waals surface area contributed by atoms with E-state index in [1.165, 1.54) is 5.56 Å². The van der Waals surface area contributed by atoms with Crippen LogP contribution in [0.15, 0.2) is 29.7 Å². The smallest absolute Gasteiger partial charge is 0.400 e. The van der Waals surface area contributed by atoms with E-state index >= 15 is 0 Å². The molecule has 0 aliphatic carbocycles. The van der Waals surface area contributed by atoms with Gasteiger partial charge in [0.15, 0.2) is 0 Å². The van der Waals surface area contributed by atoms with Gasteiger partial charge in [0.2, 0.25) is 0 Å². The van der Waals surface area contributed by atoms with E-state index in [1.54, 1.807) is 0 Å². The second-order valence-corrected chi connectivity index (χ2v) is 9.13. The zero-order valence-corrected chi connectivity index (χ0v) is 17.5. The van der Waals surface area contributed by atoms with Crippen molar-refractivity contribution in [3.8, 4) is 0 Å². The van der Waals surface area contributed by atoms with Gasteiger partial charge in [-0.05, 0) is 65.1 Å². The maximum Gasteiger partial charge on any atom is 0.491 e. The number of hydrogen-bond acceptors (Lipinski definition) is 4. The van der Waals surface area contributed by atoms with Crippen molar-refractivity contribution in [1.82, 2.24) is 5.32 Å². The van der Waals surface area contributed by atoms with E-state index in [0.29, 0.717) is 5.75 Å². The van der Waals surface area contributed by atoms with E-state index in [1.807, 2.05) is 0 Å². The highest BCUT2D eigenvalue weighted by molar-refractivity contribution is 7.80. The van der Waals surface area contributed by atoms with E-state index in [0.717, 1.165) is 17.6 Å². The third-order valence-electron chi connectivity index (χ3n) is 4.89. The van der Waals surface area contributed by atoms with Gasteiger partial charge < -0.3 is 14.6 Å². The second kappa shape index (κ2) is 7.47. The summed E-state index contributed by atoms with van der Waals surface area (Å²) in [4.78, 5) is 0. The van der Waals surface area contributed by atoms with E-state index < -0.39 is 0 Å². The summed E-state index contributed by atoms with van der Waals surface area (Å²) in [5.41, 5.74) is 2.91. The highest BCUT2D eigenvalue weighted by atomic mass is 32.1. The maximum absolute atomic E-state index is 6.14. The second-order valence-electron chi connectivity index (χ2n) is 8.81. The lowest BCUT2D eigenvalue weighted by Gasteiger charge is -2.32. The van der Waals surface area contributed by atoms with Crippen LogP contribution in [0.5, 0.6) is 0 Å². The minimum absolute atomic E-state index is 0.120. The molecule has 1 saturated heterocycles. The van der Waals surface area contributed by atoms with Crippen molar-refractivity contribution in [2.75, 3.05) is 5.75 Å². The molecule has 0 radical (unpaired) electrons. The molecule has 0 amide bonds. The summed E-state index contributed by atoms with van der Waals surface area (Å²) >= 11 is 4.48. The molecule has 0 bridgehead atoms. The van der Waals surface area contributed by atoms with Crippen LogP contribution in [0.2, 0.25) is 0 Å². The number of thiol groups is 1. The molecule has 0 atom stereocenters. The van der Waals surface area contributed by atoms with Crippen LogP contribution in [-0.2, 0) is 15.9 Å². The molecule has 0 unspecified atom stereocenters. The van der Waals surface area contributed by atoms with Crippen LogP contribution < -0.4 is 5.32 Å². The molecule has 3 nitrogen and oxygen atoms in total. The highest BCUT2D eigenvalue weighted by Crippen LogP contribution is 2.39. The molecule has 5 heteroatoms. The average molecular weight is 361 g/mol. The molecule has 25 heavy (non-hydrogen) atoms. The molecular weight excluding hydrogens is 329 g/mol. The quantitative estimate of drug-likeness (QED) is 0.597. The van der Waals surface area contributed by atoms with Crippen molar-refractivity contribution in [2.45, 2.75) is 71.8 Å². The van der Waals surface area contributed by atoms with Gasteiger partial charge in [-0.1, -0.05) is 30.3 Å². The Morgan fingerprint density at radius 2 is 1.60 bits per heavy atom. The summed E-state index contributed by atoms with van der Waals surface area (Å²) in [6, 6.07) is 8.58. The molecule has 1 fully saturated rings. The van der Waals surface area contributed by atoms with Crippen molar-refractivity contribution in [3.63, 3.8) is 0 Å². The molecule has 0 spiro atoms. The van der Waals surface area contributed by atoms with Gasteiger partial charge in [0.25, 0.3) is 0 Å². The number of nitrogens with one attached hydrogen (secondary N) is 1. The fraction of sp³-hybridized carbons (Fsp3) is 0.600. The molecule has 0 saturated carbocycles. The third kappa shape index (κ3) is 5.36. The fourth-order valence-corrected chi connectivity index (χ4v) is 2.74. The standard InChI is InChI=1S/C20H32BNO2S/c1-18(2,3)22-13-16-10-8-15(9-11-16)12-17(14-25)21-23-19(4,5)20(6,7)24-21/h8-12,22,25H,13-14H2,1-7H3. The monoisotopic (exact) mass is 361 g/mol. The Morgan fingerprint density at radius 1 is 1.08 bits per heavy atom. The van der Waals surface area contributed by atoms with Gasteiger partial charge in [-0.2, -0.15) is 12.6 Å². The average Bonchev–Trinajstić information content (AvgIpc) is 2.71. The van der Waals surface area contributed by atoms with Crippen molar-refractivity contribution in [1.29, 1.82) is 0 Å². The van der Waals surface area contributed by atoms with Crippen LogP contribution in [0.25, 0.3) is 6.08 Å². The molecule has 2 rings (SSSR count). The van der Waals surface area contributed by atoms with Crippen LogP contribution in [0.1, 0.15) is 59.6 Å². The molecule has 1 aromatic rings. The van der Waals surface area contributed by atoms with Gasteiger partial charge in [-0.25, -0.2) is 0 Å². The lowest BCUT2D eigenvalue weighted by Crippen LogP contribution is -2.41. The van der Waals surface area contributed by atoms with E-state index in [-0.39, 0.29) is 23.9 Å². The lowest BCUT2D eigenvalue weighted by molar-refractivity contribution is 0.00578. The number of hydrogen-bond donors (Lipinski definition) is 2. The fourth-order valence-electron chi connectivity index (χ4n) is 2.50. The number of rotatable bonds is 5. The molecule has 0 aromatic heterocycles. The first-order chi connectivity index (χ1) is 11.4. The van der Waals surface area contributed by atoms with Crippen molar-refractivity contribution >= 4 is 25.8 Å². The minimum atomic E-state index is -0.343. The first-order valence-electron chi connectivity index (χ1n) is 8.94. The molecule has 138 valence electrons. The van der Waals surface area contributed by atoms with Crippen LogP contribution >= 0.6 is 12.6 Å². The Bertz CT molecular complexity index is 602. The Hall–Kier alpha value is -0.745. The topological polar surface area (TPSA) is 30.5 Å². The predicted molar refractivity (Wildman–Crippen MR) is 111 cm³/mol. The van der Waals surface area contributed by atoms with Gasteiger partial charge in [-0.3, -0.25) is 0 Å². The van der Waals surface area contributed by atoms with Crippen LogP contribution in [0.3, 0.4) is 0 Å². The summed E-state index contributed by atoms with van der Waals surface area (Å²) in [6.07, 6.45) is 2.12. The van der Waals surface area contributed by atoms with Crippen molar-refractivity contribution in [3.05, 3.63) is 40.9 Å². The summed E-state index contributed by atoms with van der Waals surface area (Å²) in [5.74, 6) is 0.601.